The van der Waals surface area contributed by atoms with Gasteiger partial charge < -0.3 is 19.3 Å². The van der Waals surface area contributed by atoms with E-state index in [4.69, 9.17) is 14.2 Å². The zero-order valence-corrected chi connectivity index (χ0v) is 13.8. The molecular formula is C20H15NO4. The summed E-state index contributed by atoms with van der Waals surface area (Å²) in [4.78, 5) is 0. The van der Waals surface area contributed by atoms with Crippen molar-refractivity contribution in [3.8, 4) is 23.0 Å². The Hall–Kier alpha value is -3.21. The van der Waals surface area contributed by atoms with E-state index in [0.29, 0.717) is 5.75 Å². The summed E-state index contributed by atoms with van der Waals surface area (Å²) < 4.78 is 18.4. The summed E-state index contributed by atoms with van der Waals surface area (Å²) in [5.41, 5.74) is 1.07. The SMILES string of the molecule is COc1c([O-])ccc2c1c[n+](C)c1c3cc4c(cc3ccc21)OCO4. The van der Waals surface area contributed by atoms with Crippen molar-refractivity contribution in [2.45, 2.75) is 0 Å². The predicted octanol–water partition coefficient (Wildman–Crippen LogP) is 2.78. The molecule has 25 heavy (non-hydrogen) atoms. The van der Waals surface area contributed by atoms with Gasteiger partial charge in [-0.15, -0.1) is 0 Å². The van der Waals surface area contributed by atoms with Crippen LogP contribution in [-0.2, 0) is 7.05 Å². The Bertz CT molecular complexity index is 1180. The van der Waals surface area contributed by atoms with E-state index in [2.05, 4.69) is 12.1 Å². The lowest BCUT2D eigenvalue weighted by atomic mass is 10.00. The number of benzene rings is 3. The molecular weight excluding hydrogens is 318 g/mol. The van der Waals surface area contributed by atoms with E-state index >= 15 is 0 Å². The molecule has 1 aliphatic heterocycles. The molecule has 0 N–H and O–H groups in total. The normalized spacial score (nSPS) is 13.0. The number of rotatable bonds is 1. The van der Waals surface area contributed by atoms with E-state index in [1.807, 2.05) is 36.0 Å². The van der Waals surface area contributed by atoms with Crippen molar-refractivity contribution < 1.29 is 23.9 Å². The molecule has 0 atom stereocenters. The molecule has 3 aromatic carbocycles. The molecule has 0 saturated heterocycles. The zero-order valence-electron chi connectivity index (χ0n) is 13.8. The minimum atomic E-state index is -0.112. The summed E-state index contributed by atoms with van der Waals surface area (Å²) in [6.45, 7) is 0.252. The second kappa shape index (κ2) is 4.89. The van der Waals surface area contributed by atoms with E-state index in [-0.39, 0.29) is 12.5 Å². The summed E-state index contributed by atoms with van der Waals surface area (Å²) in [5.74, 6) is 1.79. The van der Waals surface area contributed by atoms with Gasteiger partial charge in [0.1, 0.15) is 12.8 Å². The molecule has 124 valence electrons. The fourth-order valence-electron chi connectivity index (χ4n) is 3.71. The van der Waals surface area contributed by atoms with Gasteiger partial charge in [-0.05, 0) is 23.6 Å². The molecule has 2 heterocycles. The molecule has 0 saturated carbocycles. The highest BCUT2D eigenvalue weighted by atomic mass is 16.7. The molecule has 0 bridgehead atoms. The van der Waals surface area contributed by atoms with Gasteiger partial charge in [0.25, 0.3) is 0 Å². The molecule has 0 spiro atoms. The van der Waals surface area contributed by atoms with Gasteiger partial charge in [-0.2, -0.15) is 4.57 Å². The standard InChI is InChI=1S/C20H15NO4/c1-21-9-15-12(5-6-16(22)20(15)23-2)13-4-3-11-7-17-18(25-10-24-17)8-14(11)19(13)21/h3-9H,10H2,1-2H3. The Morgan fingerprint density at radius 3 is 2.52 bits per heavy atom. The van der Waals surface area contributed by atoms with Crippen molar-refractivity contribution in [2.75, 3.05) is 13.9 Å². The van der Waals surface area contributed by atoms with Crippen LogP contribution in [-0.4, -0.2) is 13.9 Å². The number of pyridine rings is 1. The first-order valence-corrected chi connectivity index (χ1v) is 8.00. The first-order valence-electron chi connectivity index (χ1n) is 8.00. The van der Waals surface area contributed by atoms with E-state index < -0.39 is 0 Å². The average Bonchev–Trinajstić information content (AvgIpc) is 3.06. The van der Waals surface area contributed by atoms with Crippen LogP contribution >= 0.6 is 0 Å². The zero-order chi connectivity index (χ0) is 17.1. The highest BCUT2D eigenvalue weighted by Gasteiger charge is 2.20. The smallest absolute Gasteiger partial charge is 0.231 e. The predicted molar refractivity (Wildman–Crippen MR) is 92.3 cm³/mol. The van der Waals surface area contributed by atoms with Crippen LogP contribution in [0.15, 0.2) is 42.6 Å². The number of aryl methyl sites for hydroxylation is 1. The Morgan fingerprint density at radius 1 is 0.960 bits per heavy atom. The van der Waals surface area contributed by atoms with Crippen molar-refractivity contribution in [3.63, 3.8) is 0 Å². The summed E-state index contributed by atoms with van der Waals surface area (Å²) in [5, 5.41) is 17.1. The highest BCUT2D eigenvalue weighted by molar-refractivity contribution is 6.15. The van der Waals surface area contributed by atoms with Crippen LogP contribution in [0.5, 0.6) is 23.0 Å². The maximum atomic E-state index is 12.1. The molecule has 5 rings (SSSR count). The molecule has 0 fully saturated rings. The number of hydrogen-bond acceptors (Lipinski definition) is 4. The second-order valence-electron chi connectivity index (χ2n) is 6.19. The molecule has 4 aromatic rings. The van der Waals surface area contributed by atoms with Crippen LogP contribution in [0.25, 0.3) is 32.4 Å². The molecule has 0 aliphatic carbocycles. The van der Waals surface area contributed by atoms with Crippen LogP contribution in [0.3, 0.4) is 0 Å². The fraction of sp³-hybridized carbons (Fsp3) is 0.150. The van der Waals surface area contributed by atoms with Gasteiger partial charge in [-0.1, -0.05) is 23.9 Å². The molecule has 0 amide bonds. The third kappa shape index (κ3) is 1.86. The Balaban J connectivity index is 1.97. The van der Waals surface area contributed by atoms with Crippen molar-refractivity contribution in [2.24, 2.45) is 7.05 Å². The van der Waals surface area contributed by atoms with Gasteiger partial charge in [0, 0.05) is 5.39 Å². The summed E-state index contributed by atoms with van der Waals surface area (Å²) in [6.07, 6.45) is 1.95. The molecule has 1 aromatic heterocycles. The Kier molecular flexibility index (Phi) is 2.77. The molecule has 5 heteroatoms. The van der Waals surface area contributed by atoms with Gasteiger partial charge in [-0.3, -0.25) is 0 Å². The summed E-state index contributed by atoms with van der Waals surface area (Å²) in [7, 11) is 3.50. The fourth-order valence-corrected chi connectivity index (χ4v) is 3.71. The van der Waals surface area contributed by atoms with E-state index in [1.165, 1.54) is 7.11 Å². The minimum absolute atomic E-state index is 0.112. The van der Waals surface area contributed by atoms with E-state index in [0.717, 1.165) is 43.9 Å². The van der Waals surface area contributed by atoms with Gasteiger partial charge in [0.2, 0.25) is 12.3 Å². The summed E-state index contributed by atoms with van der Waals surface area (Å²) in [6, 6.07) is 11.6. The largest absolute Gasteiger partial charge is 0.870 e. The topological polar surface area (TPSA) is 54.6 Å². The van der Waals surface area contributed by atoms with Crippen LogP contribution in [0.2, 0.25) is 0 Å². The lowest BCUT2D eigenvalue weighted by Gasteiger charge is -2.15. The number of nitrogens with zero attached hydrogens (tertiary/aromatic N) is 1. The minimum Gasteiger partial charge on any atom is -0.870 e. The van der Waals surface area contributed by atoms with Crippen molar-refractivity contribution in [3.05, 3.63) is 42.6 Å². The Morgan fingerprint density at radius 2 is 1.72 bits per heavy atom. The molecule has 0 radical (unpaired) electrons. The average molecular weight is 333 g/mol. The van der Waals surface area contributed by atoms with E-state index in [1.54, 1.807) is 6.07 Å². The van der Waals surface area contributed by atoms with Gasteiger partial charge in [-0.25, -0.2) is 0 Å². The number of fused-ring (bicyclic) bond motifs is 6. The lowest BCUT2D eigenvalue weighted by molar-refractivity contribution is -0.642. The monoisotopic (exact) mass is 333 g/mol. The number of aromatic nitrogens is 1. The van der Waals surface area contributed by atoms with Crippen molar-refractivity contribution >= 4 is 32.4 Å². The third-order valence-electron chi connectivity index (χ3n) is 4.81. The second-order valence-corrected chi connectivity index (χ2v) is 6.19. The molecule has 5 nitrogen and oxygen atoms in total. The van der Waals surface area contributed by atoms with Crippen molar-refractivity contribution in [1.29, 1.82) is 0 Å². The van der Waals surface area contributed by atoms with E-state index in [9.17, 15) is 5.11 Å². The van der Waals surface area contributed by atoms with Gasteiger partial charge in [0.15, 0.2) is 17.7 Å². The maximum absolute atomic E-state index is 12.1. The molecule has 0 unspecified atom stereocenters. The first-order chi connectivity index (χ1) is 12.2. The lowest BCUT2D eigenvalue weighted by Crippen LogP contribution is -2.28. The van der Waals surface area contributed by atoms with Gasteiger partial charge >= 0.3 is 0 Å². The van der Waals surface area contributed by atoms with Crippen LogP contribution in [0.4, 0.5) is 0 Å². The van der Waals surface area contributed by atoms with Crippen molar-refractivity contribution in [1.82, 2.24) is 0 Å². The highest BCUT2D eigenvalue weighted by Crippen LogP contribution is 2.40. The van der Waals surface area contributed by atoms with Gasteiger partial charge in [0.05, 0.1) is 23.3 Å². The number of ether oxygens (including phenoxy) is 3. The first kappa shape index (κ1) is 14.2. The number of methoxy groups -OCH3 is 1. The van der Waals surface area contributed by atoms with Crippen LogP contribution < -0.4 is 23.9 Å². The third-order valence-corrected chi connectivity index (χ3v) is 4.81. The molecule has 1 aliphatic rings. The summed E-state index contributed by atoms with van der Waals surface area (Å²) >= 11 is 0. The number of hydrogen-bond donors (Lipinski definition) is 0. The maximum Gasteiger partial charge on any atom is 0.231 e. The quantitative estimate of drug-likeness (QED) is 0.397. The van der Waals surface area contributed by atoms with Crippen LogP contribution in [0.1, 0.15) is 0 Å². The van der Waals surface area contributed by atoms with Crippen LogP contribution in [0, 0.1) is 0 Å². The Labute approximate surface area is 143 Å².